The second-order valence-electron chi connectivity index (χ2n) is 12.7. The first-order valence-electron chi connectivity index (χ1n) is 19.0. The van der Waals surface area contributed by atoms with Crippen LogP contribution in [0.4, 0.5) is 0 Å². The fraction of sp³-hybridized carbons (Fsp3) is 0.795. The Hall–Kier alpha value is -2.12. The molecule has 0 heterocycles. The lowest BCUT2D eigenvalue weighted by molar-refractivity contribution is -0.247. The number of ether oxygens (including phenoxy) is 4. The quantitative estimate of drug-likeness (QED) is 0.0464. The second kappa shape index (κ2) is 31.5. The van der Waals surface area contributed by atoms with Crippen LogP contribution >= 0.6 is 0 Å². The molecule has 0 unspecified atom stereocenters. The predicted octanol–water partition coefficient (Wildman–Crippen LogP) is 10.7. The lowest BCUT2D eigenvalue weighted by atomic mass is 10.1. The highest BCUT2D eigenvalue weighted by atomic mass is 16.8. The first-order valence-corrected chi connectivity index (χ1v) is 19.0. The molecule has 7 nitrogen and oxygen atoms in total. The van der Waals surface area contributed by atoms with Gasteiger partial charge in [-0.1, -0.05) is 161 Å². The van der Waals surface area contributed by atoms with Gasteiger partial charge in [0.1, 0.15) is 12.3 Å². The second-order valence-corrected chi connectivity index (χ2v) is 12.7. The zero-order valence-electron chi connectivity index (χ0n) is 29.9. The van der Waals surface area contributed by atoms with E-state index in [1.165, 1.54) is 136 Å². The molecule has 7 heteroatoms. The highest BCUT2D eigenvalue weighted by molar-refractivity contribution is 5.96. The molecule has 0 atom stereocenters. The van der Waals surface area contributed by atoms with Crippen LogP contribution in [0, 0.1) is 0 Å². The summed E-state index contributed by atoms with van der Waals surface area (Å²) in [6.07, 6.45) is 31.1. The van der Waals surface area contributed by atoms with Crippen LogP contribution in [0.2, 0.25) is 0 Å². The highest BCUT2D eigenvalue weighted by Crippen LogP contribution is 2.18. The summed E-state index contributed by atoms with van der Waals surface area (Å²) < 4.78 is 22.7. The van der Waals surface area contributed by atoms with Crippen molar-refractivity contribution in [3.05, 3.63) is 29.8 Å². The van der Waals surface area contributed by atoms with E-state index in [0.717, 1.165) is 25.7 Å². The molecule has 1 N–H and O–H groups in total. The Bertz CT molecular complexity index is 818. The number of rotatable bonds is 33. The van der Waals surface area contributed by atoms with E-state index in [-0.39, 0.29) is 12.5 Å². The molecule has 1 rings (SSSR count). The number of hydrogen-bond acceptors (Lipinski definition) is 6. The van der Waals surface area contributed by atoms with E-state index < -0.39 is 12.4 Å². The van der Waals surface area contributed by atoms with E-state index >= 15 is 0 Å². The minimum Gasteiger partial charge on any atom is -0.468 e. The molecule has 0 saturated heterocycles. The van der Waals surface area contributed by atoms with Gasteiger partial charge in [0.2, 0.25) is 0 Å². The molecular formula is C39H69NO6. The van der Waals surface area contributed by atoms with Gasteiger partial charge in [0, 0.05) is 5.56 Å². The van der Waals surface area contributed by atoms with Crippen molar-refractivity contribution in [2.24, 2.45) is 0 Å². The molecular weight excluding hydrogens is 578 g/mol. The van der Waals surface area contributed by atoms with Gasteiger partial charge in [-0.2, -0.15) is 0 Å². The molecule has 1 amide bonds. The number of carbonyl (C=O) groups excluding carboxylic acids is 2. The van der Waals surface area contributed by atoms with Crippen LogP contribution in [-0.4, -0.2) is 45.2 Å². The summed E-state index contributed by atoms with van der Waals surface area (Å²) >= 11 is 0. The summed E-state index contributed by atoms with van der Waals surface area (Å²) in [5.41, 5.74) is 0.391. The first kappa shape index (κ1) is 41.9. The molecule has 0 saturated carbocycles. The van der Waals surface area contributed by atoms with Crippen molar-refractivity contribution in [3.8, 4) is 5.75 Å². The third-order valence-corrected chi connectivity index (χ3v) is 8.45. The topological polar surface area (TPSA) is 83.1 Å². The summed E-state index contributed by atoms with van der Waals surface area (Å²) in [6.45, 7) is 4.66. The summed E-state index contributed by atoms with van der Waals surface area (Å²) in [6, 6.07) is 6.84. The smallest absolute Gasteiger partial charge is 0.325 e. The Morgan fingerprint density at radius 3 is 1.43 bits per heavy atom. The zero-order chi connectivity index (χ0) is 33.3. The Morgan fingerprint density at radius 2 is 1.02 bits per heavy atom. The molecule has 1 aromatic carbocycles. The van der Waals surface area contributed by atoms with E-state index in [0.29, 0.717) is 24.5 Å². The van der Waals surface area contributed by atoms with Crippen molar-refractivity contribution in [1.29, 1.82) is 0 Å². The number of methoxy groups -OCH3 is 1. The third kappa shape index (κ3) is 25.0. The molecule has 0 aliphatic heterocycles. The van der Waals surface area contributed by atoms with Crippen molar-refractivity contribution in [1.82, 2.24) is 5.32 Å². The normalized spacial score (nSPS) is 11.2. The van der Waals surface area contributed by atoms with Gasteiger partial charge in [0.25, 0.3) is 5.91 Å². The Labute approximate surface area is 282 Å². The van der Waals surface area contributed by atoms with Gasteiger partial charge in [0.05, 0.1) is 20.3 Å². The van der Waals surface area contributed by atoms with Crippen LogP contribution in [-0.2, 0) is 19.0 Å². The minimum absolute atomic E-state index is 0.187. The summed E-state index contributed by atoms with van der Waals surface area (Å²) in [5, 5.41) is 2.56. The van der Waals surface area contributed by atoms with Crippen LogP contribution in [0.5, 0.6) is 5.75 Å². The van der Waals surface area contributed by atoms with E-state index in [4.69, 9.17) is 14.2 Å². The van der Waals surface area contributed by atoms with Gasteiger partial charge in [-0.3, -0.25) is 9.59 Å². The largest absolute Gasteiger partial charge is 0.468 e. The van der Waals surface area contributed by atoms with Gasteiger partial charge in [0.15, 0.2) is 0 Å². The third-order valence-electron chi connectivity index (χ3n) is 8.45. The first-order chi connectivity index (χ1) is 22.6. The Balaban J connectivity index is 2.37. The van der Waals surface area contributed by atoms with Gasteiger partial charge in [-0.05, 0) is 31.0 Å². The molecule has 266 valence electrons. The van der Waals surface area contributed by atoms with Crippen molar-refractivity contribution in [2.45, 2.75) is 174 Å². The van der Waals surface area contributed by atoms with Crippen molar-refractivity contribution >= 4 is 11.9 Å². The molecule has 0 radical (unpaired) electrons. The van der Waals surface area contributed by atoms with Crippen LogP contribution in [0.1, 0.15) is 178 Å². The van der Waals surface area contributed by atoms with Gasteiger partial charge in [-0.25, -0.2) is 0 Å². The predicted molar refractivity (Wildman–Crippen MR) is 189 cm³/mol. The Morgan fingerprint density at radius 1 is 0.609 bits per heavy atom. The van der Waals surface area contributed by atoms with Crippen molar-refractivity contribution < 1.29 is 28.5 Å². The molecule has 0 spiro atoms. The van der Waals surface area contributed by atoms with Gasteiger partial charge >= 0.3 is 12.4 Å². The van der Waals surface area contributed by atoms with Gasteiger partial charge in [-0.15, -0.1) is 0 Å². The maximum absolute atomic E-state index is 12.5. The minimum atomic E-state index is -0.825. The fourth-order valence-corrected chi connectivity index (χ4v) is 5.51. The molecule has 0 aliphatic rings. The fourth-order valence-electron chi connectivity index (χ4n) is 5.51. The van der Waals surface area contributed by atoms with E-state index in [2.05, 4.69) is 23.9 Å². The highest BCUT2D eigenvalue weighted by Gasteiger charge is 2.14. The molecule has 46 heavy (non-hydrogen) atoms. The summed E-state index contributed by atoms with van der Waals surface area (Å²) in [5.74, 6) is -0.388. The summed E-state index contributed by atoms with van der Waals surface area (Å²) in [4.78, 5) is 23.9. The molecule has 0 aliphatic carbocycles. The monoisotopic (exact) mass is 648 g/mol. The number of amides is 1. The van der Waals surface area contributed by atoms with Crippen molar-refractivity contribution in [3.63, 3.8) is 0 Å². The molecule has 1 aromatic rings. The lowest BCUT2D eigenvalue weighted by Crippen LogP contribution is -2.30. The SMILES string of the molecule is CCCCCCCCCCCCCCOC(OCCCCCCCCCCCCCC)Oc1cccc(C(=O)NCC(=O)OC)c1. The van der Waals surface area contributed by atoms with Gasteiger partial charge < -0.3 is 24.3 Å². The van der Waals surface area contributed by atoms with E-state index in [1.54, 1.807) is 24.3 Å². The summed E-state index contributed by atoms with van der Waals surface area (Å²) in [7, 11) is 1.29. The lowest BCUT2D eigenvalue weighted by Gasteiger charge is -2.20. The number of unbranched alkanes of at least 4 members (excludes halogenated alkanes) is 22. The zero-order valence-corrected chi connectivity index (χ0v) is 29.9. The maximum atomic E-state index is 12.5. The molecule has 0 aromatic heterocycles. The number of esters is 1. The number of carbonyl (C=O) groups is 2. The van der Waals surface area contributed by atoms with Crippen LogP contribution in [0.3, 0.4) is 0 Å². The van der Waals surface area contributed by atoms with Crippen LogP contribution in [0.25, 0.3) is 0 Å². The molecule has 0 fully saturated rings. The average Bonchev–Trinajstić information content (AvgIpc) is 3.07. The van der Waals surface area contributed by atoms with E-state index in [9.17, 15) is 9.59 Å². The number of benzene rings is 1. The average molecular weight is 648 g/mol. The molecule has 0 bridgehead atoms. The van der Waals surface area contributed by atoms with Crippen LogP contribution < -0.4 is 10.1 Å². The maximum Gasteiger partial charge on any atom is 0.325 e. The Kier molecular flexibility index (Phi) is 28.7. The van der Waals surface area contributed by atoms with E-state index in [1.807, 2.05) is 0 Å². The van der Waals surface area contributed by atoms with Crippen molar-refractivity contribution in [2.75, 3.05) is 26.9 Å². The number of nitrogens with one attached hydrogen (secondary N) is 1. The van der Waals surface area contributed by atoms with Crippen LogP contribution in [0.15, 0.2) is 24.3 Å². The standard InChI is InChI=1S/C39H69NO6/c1-4-6-8-10-12-14-16-18-20-22-24-26-31-44-39(45-32-27-25-23-21-19-17-15-13-11-9-7-5-2)46-36-30-28-29-35(33-36)38(42)40-34-37(41)43-3/h28-30,33,39H,4-27,31-32,34H2,1-3H3,(H,40,42). The number of hydrogen-bond donors (Lipinski definition) is 1.